The molecule has 0 heterocycles. The van der Waals surface area contributed by atoms with Crippen LogP contribution in [0.25, 0.3) is 0 Å². The summed E-state index contributed by atoms with van der Waals surface area (Å²) in [6.07, 6.45) is 0. The maximum absolute atomic E-state index is 12.1. The van der Waals surface area contributed by atoms with E-state index in [1.807, 2.05) is 6.07 Å². The molecule has 0 fully saturated rings. The third-order valence-electron chi connectivity index (χ3n) is 1.35. The summed E-state index contributed by atoms with van der Waals surface area (Å²) in [5.74, 6) is 0. The van der Waals surface area contributed by atoms with Crippen LogP contribution in [0.2, 0.25) is 0 Å². The maximum Gasteiger partial charge on any atom is 0.135 e. The van der Waals surface area contributed by atoms with Crippen LogP contribution in [-0.4, -0.2) is 17.6 Å². The zero-order chi connectivity index (χ0) is 8.10. The number of alkyl halides is 1. The molecule has 0 spiro atoms. The van der Waals surface area contributed by atoms with E-state index in [0.717, 1.165) is 0 Å². The predicted molar refractivity (Wildman–Crippen MR) is 40.7 cm³/mol. The third kappa shape index (κ3) is 1.77. The monoisotopic (exact) mass is 153 g/mol. The van der Waals surface area contributed by atoms with Crippen molar-refractivity contribution in [3.63, 3.8) is 0 Å². The number of nitrogens with zero attached hydrogens (tertiary/aromatic N) is 1. The molecule has 3 heteroatoms. The topological polar surface area (TPSA) is 32.6 Å². The van der Waals surface area contributed by atoms with Crippen molar-refractivity contribution in [1.82, 2.24) is 0 Å². The van der Waals surface area contributed by atoms with E-state index in [0.29, 0.717) is 5.56 Å². The lowest BCUT2D eigenvalue weighted by Gasteiger charge is -1.96. The lowest BCUT2D eigenvalue weighted by atomic mass is 10.1. The Hall–Kier alpha value is -1.38. The Morgan fingerprint density at radius 3 is 2.45 bits per heavy atom. The predicted octanol–water partition coefficient (Wildman–Crippen LogP) is 1.83. The van der Waals surface area contributed by atoms with Crippen LogP contribution in [0.5, 0.6) is 0 Å². The quantitative estimate of drug-likeness (QED) is 0.392. The first-order valence-electron chi connectivity index (χ1n) is 3.21. The summed E-state index contributed by atoms with van der Waals surface area (Å²) in [5, 5.41) is 11.1. The van der Waals surface area contributed by atoms with Gasteiger partial charge in [0.15, 0.2) is 0 Å². The summed E-state index contributed by atoms with van der Waals surface area (Å²) in [5.41, 5.74) is 0.670. The average molecular weight is 153 g/mol. The van der Waals surface area contributed by atoms with Gasteiger partial charge >= 0.3 is 0 Å². The van der Waals surface area contributed by atoms with Crippen LogP contribution in [0.4, 0.5) is 4.39 Å². The van der Waals surface area contributed by atoms with Crippen LogP contribution in [0, 0.1) is 0 Å². The Morgan fingerprint density at radius 1 is 1.36 bits per heavy atom. The second-order valence-electron chi connectivity index (χ2n) is 2.05. The molecule has 58 valence electrons. The van der Waals surface area contributed by atoms with Crippen LogP contribution < -0.4 is 0 Å². The average Bonchev–Trinajstić information content (AvgIpc) is 2.09. The molecule has 1 aromatic carbocycles. The molecule has 0 amide bonds. The molecule has 0 aliphatic rings. The molecule has 0 saturated carbocycles. The minimum absolute atomic E-state index is 0.0607. The van der Waals surface area contributed by atoms with E-state index in [1.165, 1.54) is 0 Å². The van der Waals surface area contributed by atoms with Crippen LogP contribution >= 0.6 is 0 Å². The van der Waals surface area contributed by atoms with E-state index >= 15 is 0 Å². The Labute approximate surface area is 64.0 Å². The maximum atomic E-state index is 12.1. The minimum Gasteiger partial charge on any atom is -0.411 e. The van der Waals surface area contributed by atoms with Gasteiger partial charge in [0.25, 0.3) is 0 Å². The second kappa shape index (κ2) is 3.71. The first-order chi connectivity index (χ1) is 5.38. The summed E-state index contributed by atoms with van der Waals surface area (Å²) >= 11 is 0. The summed E-state index contributed by atoms with van der Waals surface area (Å²) in [4.78, 5) is 0. The molecule has 11 heavy (non-hydrogen) atoms. The molecule has 1 N–H and O–H groups in total. The fourth-order valence-corrected chi connectivity index (χ4v) is 0.792. The number of benzene rings is 1. The summed E-state index contributed by atoms with van der Waals surface area (Å²) in [6, 6.07) is 8.71. The van der Waals surface area contributed by atoms with Crippen molar-refractivity contribution in [2.24, 2.45) is 5.16 Å². The van der Waals surface area contributed by atoms with Crippen molar-refractivity contribution < 1.29 is 9.60 Å². The van der Waals surface area contributed by atoms with Gasteiger partial charge in [-0.2, -0.15) is 0 Å². The lowest BCUT2D eigenvalue weighted by molar-refractivity contribution is 0.316. The van der Waals surface area contributed by atoms with Gasteiger partial charge < -0.3 is 5.21 Å². The van der Waals surface area contributed by atoms with Crippen LogP contribution in [0.1, 0.15) is 5.56 Å². The minimum atomic E-state index is -0.749. The fourth-order valence-electron chi connectivity index (χ4n) is 0.792. The van der Waals surface area contributed by atoms with E-state index in [4.69, 9.17) is 5.21 Å². The first-order valence-corrected chi connectivity index (χ1v) is 3.21. The smallest absolute Gasteiger partial charge is 0.135 e. The van der Waals surface area contributed by atoms with Crippen molar-refractivity contribution in [2.75, 3.05) is 6.67 Å². The number of oxime groups is 1. The van der Waals surface area contributed by atoms with E-state index in [1.54, 1.807) is 24.3 Å². The highest BCUT2D eigenvalue weighted by atomic mass is 19.1. The van der Waals surface area contributed by atoms with Gasteiger partial charge in [0, 0.05) is 5.56 Å². The molecule has 0 unspecified atom stereocenters. The summed E-state index contributed by atoms with van der Waals surface area (Å²) in [7, 11) is 0. The highest BCUT2D eigenvalue weighted by Crippen LogP contribution is 2.00. The van der Waals surface area contributed by atoms with E-state index in [2.05, 4.69) is 5.16 Å². The van der Waals surface area contributed by atoms with Gasteiger partial charge in [-0.15, -0.1) is 0 Å². The van der Waals surface area contributed by atoms with Crippen molar-refractivity contribution >= 4 is 5.71 Å². The molecule has 0 atom stereocenters. The number of halogens is 1. The molecular weight excluding hydrogens is 145 g/mol. The highest BCUT2D eigenvalue weighted by Gasteiger charge is 2.00. The summed E-state index contributed by atoms with van der Waals surface area (Å²) in [6.45, 7) is -0.749. The largest absolute Gasteiger partial charge is 0.411 e. The molecule has 0 saturated heterocycles. The van der Waals surface area contributed by atoms with E-state index in [-0.39, 0.29) is 5.71 Å². The molecule has 0 aliphatic carbocycles. The zero-order valence-electron chi connectivity index (χ0n) is 5.87. The van der Waals surface area contributed by atoms with Gasteiger partial charge in [-0.3, -0.25) is 0 Å². The standard InChI is InChI=1S/C8H8FNO/c9-6-8(10-11)7-4-2-1-3-5-7/h1-5,11H,6H2. The number of hydrogen-bond acceptors (Lipinski definition) is 2. The van der Waals surface area contributed by atoms with E-state index in [9.17, 15) is 4.39 Å². The van der Waals surface area contributed by atoms with Crippen LogP contribution in [-0.2, 0) is 0 Å². The van der Waals surface area contributed by atoms with Crippen LogP contribution in [0.15, 0.2) is 35.5 Å². The van der Waals surface area contributed by atoms with E-state index < -0.39 is 6.67 Å². The fraction of sp³-hybridized carbons (Fsp3) is 0.125. The summed E-state index contributed by atoms with van der Waals surface area (Å²) < 4.78 is 12.1. The second-order valence-corrected chi connectivity index (χ2v) is 2.05. The van der Waals surface area contributed by atoms with Crippen molar-refractivity contribution in [2.45, 2.75) is 0 Å². The van der Waals surface area contributed by atoms with Crippen molar-refractivity contribution in [1.29, 1.82) is 0 Å². The van der Waals surface area contributed by atoms with Gasteiger partial charge in [0.2, 0.25) is 0 Å². The van der Waals surface area contributed by atoms with Gasteiger partial charge in [-0.25, -0.2) is 4.39 Å². The zero-order valence-corrected chi connectivity index (χ0v) is 5.87. The number of rotatable bonds is 2. The highest BCUT2D eigenvalue weighted by molar-refractivity contribution is 6.00. The van der Waals surface area contributed by atoms with Crippen molar-refractivity contribution in [3.8, 4) is 0 Å². The first kappa shape index (κ1) is 7.72. The molecular formula is C8H8FNO. The Kier molecular flexibility index (Phi) is 2.60. The van der Waals surface area contributed by atoms with Crippen LogP contribution in [0.3, 0.4) is 0 Å². The Bertz CT molecular complexity index is 246. The van der Waals surface area contributed by atoms with Gasteiger partial charge in [0.1, 0.15) is 12.4 Å². The molecule has 1 aromatic rings. The number of hydrogen-bond donors (Lipinski definition) is 1. The lowest BCUT2D eigenvalue weighted by Crippen LogP contribution is -2.02. The molecule has 2 nitrogen and oxygen atoms in total. The molecule has 0 aliphatic heterocycles. The van der Waals surface area contributed by atoms with Gasteiger partial charge in [0.05, 0.1) is 0 Å². The van der Waals surface area contributed by atoms with Gasteiger partial charge in [-0.1, -0.05) is 35.5 Å². The Balaban J connectivity index is 2.92. The normalized spacial score (nSPS) is 11.5. The molecule has 1 rings (SSSR count). The van der Waals surface area contributed by atoms with Crippen molar-refractivity contribution in [3.05, 3.63) is 35.9 Å². The SMILES string of the molecule is ON=C(CF)c1ccccc1. The third-order valence-corrected chi connectivity index (χ3v) is 1.35. The molecule has 0 bridgehead atoms. The Morgan fingerprint density at radius 2 is 2.00 bits per heavy atom. The molecule has 0 radical (unpaired) electrons. The van der Waals surface area contributed by atoms with Gasteiger partial charge in [-0.05, 0) is 0 Å². The molecule has 0 aromatic heterocycles.